The maximum absolute atomic E-state index is 5.72. The van der Waals surface area contributed by atoms with Crippen LogP contribution in [0.15, 0.2) is 231 Å². The molecular formula is C61H38N4. The molecule has 13 aromatic rings. The minimum absolute atomic E-state index is 0.598. The minimum atomic E-state index is 0.598. The number of benzene rings is 10. The second-order valence-electron chi connectivity index (χ2n) is 16.7. The molecule has 0 saturated carbocycles. The normalized spacial score (nSPS) is 11.7. The number of hydrogen-bond donors (Lipinski definition) is 0. The summed E-state index contributed by atoms with van der Waals surface area (Å²) in [6.07, 6.45) is 0. The Morgan fingerprint density at radius 2 is 0.862 bits per heavy atom. The van der Waals surface area contributed by atoms with Gasteiger partial charge in [-0.1, -0.05) is 206 Å². The van der Waals surface area contributed by atoms with Crippen molar-refractivity contribution in [3.63, 3.8) is 0 Å². The summed E-state index contributed by atoms with van der Waals surface area (Å²) < 4.78 is 2.28. The fourth-order valence-corrected chi connectivity index (χ4v) is 10.0. The summed E-state index contributed by atoms with van der Waals surface area (Å²) in [6.45, 7) is 0. The van der Waals surface area contributed by atoms with Crippen molar-refractivity contribution >= 4 is 65.0 Å². The maximum atomic E-state index is 5.72. The SMILES string of the molecule is c1ccc(-c2ccc(-c3cc(-c4ccccc4)nc(-n4c5ccccc5c5c(-c6c(-c7cc8ccccc8c8ccccc78)ccc7ccccc67)nc6ccccc6c54)n3)cc2)cc1. The molecule has 65 heavy (non-hydrogen) atoms. The van der Waals surface area contributed by atoms with Crippen molar-refractivity contribution in [2.45, 2.75) is 0 Å². The molecule has 0 spiro atoms. The van der Waals surface area contributed by atoms with Gasteiger partial charge in [-0.3, -0.25) is 4.57 Å². The molecule has 302 valence electrons. The Hall–Kier alpha value is -8.73. The highest BCUT2D eigenvalue weighted by Gasteiger charge is 2.26. The zero-order valence-electron chi connectivity index (χ0n) is 35.2. The Morgan fingerprint density at radius 3 is 1.62 bits per heavy atom. The van der Waals surface area contributed by atoms with Crippen LogP contribution in [-0.2, 0) is 0 Å². The van der Waals surface area contributed by atoms with Gasteiger partial charge in [0, 0.05) is 32.8 Å². The van der Waals surface area contributed by atoms with Crippen LogP contribution in [0.4, 0.5) is 0 Å². The van der Waals surface area contributed by atoms with Gasteiger partial charge < -0.3 is 0 Å². The van der Waals surface area contributed by atoms with Crippen molar-refractivity contribution in [2.75, 3.05) is 0 Å². The topological polar surface area (TPSA) is 43.6 Å². The summed E-state index contributed by atoms with van der Waals surface area (Å²) in [5, 5.41) is 10.4. The zero-order valence-corrected chi connectivity index (χ0v) is 35.2. The largest absolute Gasteiger partial charge is 0.277 e. The van der Waals surface area contributed by atoms with E-state index in [1.165, 1.54) is 32.7 Å². The van der Waals surface area contributed by atoms with Crippen molar-refractivity contribution in [3.8, 4) is 62.0 Å². The van der Waals surface area contributed by atoms with Crippen LogP contribution in [0, 0.1) is 0 Å². The molecule has 4 heteroatoms. The summed E-state index contributed by atoms with van der Waals surface area (Å²) in [4.78, 5) is 16.7. The number of nitrogens with zero attached hydrogens (tertiary/aromatic N) is 4. The number of fused-ring (bicyclic) bond motifs is 9. The second-order valence-corrected chi connectivity index (χ2v) is 16.7. The van der Waals surface area contributed by atoms with Crippen LogP contribution in [0.1, 0.15) is 0 Å². The molecule has 0 radical (unpaired) electrons. The van der Waals surface area contributed by atoms with E-state index in [9.17, 15) is 0 Å². The van der Waals surface area contributed by atoms with Crippen LogP contribution < -0.4 is 0 Å². The Labute approximate surface area is 375 Å². The smallest absolute Gasteiger partial charge is 0.235 e. The number of para-hydroxylation sites is 2. The number of aromatic nitrogens is 4. The van der Waals surface area contributed by atoms with Gasteiger partial charge in [0.05, 0.1) is 33.6 Å². The third-order valence-corrected chi connectivity index (χ3v) is 13.0. The molecule has 4 nitrogen and oxygen atoms in total. The van der Waals surface area contributed by atoms with Crippen molar-refractivity contribution in [3.05, 3.63) is 231 Å². The van der Waals surface area contributed by atoms with E-state index in [1.54, 1.807) is 0 Å². The Bertz CT molecular complexity index is 3980. The summed E-state index contributed by atoms with van der Waals surface area (Å²) >= 11 is 0. The van der Waals surface area contributed by atoms with Gasteiger partial charge in [-0.05, 0) is 78.8 Å². The first-order valence-electron chi connectivity index (χ1n) is 22.1. The van der Waals surface area contributed by atoms with Gasteiger partial charge in [-0.15, -0.1) is 0 Å². The molecule has 0 atom stereocenters. The molecule has 0 aliphatic heterocycles. The Kier molecular flexibility index (Phi) is 8.50. The molecule has 0 aliphatic carbocycles. The average Bonchev–Trinajstić information content (AvgIpc) is 3.74. The molecule has 0 fully saturated rings. The Morgan fingerprint density at radius 1 is 0.323 bits per heavy atom. The van der Waals surface area contributed by atoms with E-state index in [4.69, 9.17) is 15.0 Å². The highest BCUT2D eigenvalue weighted by molar-refractivity contribution is 6.25. The lowest BCUT2D eigenvalue weighted by Gasteiger charge is -2.18. The average molecular weight is 827 g/mol. The Balaban J connectivity index is 1.14. The molecule has 0 bridgehead atoms. The van der Waals surface area contributed by atoms with Gasteiger partial charge in [0.2, 0.25) is 5.95 Å². The number of pyridine rings is 1. The van der Waals surface area contributed by atoms with E-state index in [0.717, 1.165) is 88.4 Å². The molecule has 3 aromatic heterocycles. The first-order chi connectivity index (χ1) is 32.2. The van der Waals surface area contributed by atoms with Gasteiger partial charge in [0.15, 0.2) is 0 Å². The molecule has 0 amide bonds. The molecule has 13 rings (SSSR count). The van der Waals surface area contributed by atoms with Gasteiger partial charge in [-0.2, -0.15) is 0 Å². The van der Waals surface area contributed by atoms with Crippen LogP contribution in [-0.4, -0.2) is 19.5 Å². The fraction of sp³-hybridized carbons (Fsp3) is 0. The molecule has 0 aliphatic rings. The van der Waals surface area contributed by atoms with Gasteiger partial charge >= 0.3 is 0 Å². The predicted molar refractivity (Wildman–Crippen MR) is 271 cm³/mol. The molecular weight excluding hydrogens is 789 g/mol. The lowest BCUT2D eigenvalue weighted by atomic mass is 9.86. The molecule has 3 heterocycles. The van der Waals surface area contributed by atoms with Crippen LogP contribution in [0.2, 0.25) is 0 Å². The first-order valence-corrected chi connectivity index (χ1v) is 22.1. The zero-order chi connectivity index (χ0) is 42.8. The highest BCUT2D eigenvalue weighted by Crippen LogP contribution is 2.48. The van der Waals surface area contributed by atoms with Crippen LogP contribution in [0.5, 0.6) is 0 Å². The van der Waals surface area contributed by atoms with E-state index in [-0.39, 0.29) is 0 Å². The summed E-state index contributed by atoms with van der Waals surface area (Å²) in [6, 6.07) is 82.1. The van der Waals surface area contributed by atoms with Crippen molar-refractivity contribution < 1.29 is 0 Å². The molecule has 0 saturated heterocycles. The van der Waals surface area contributed by atoms with E-state index in [1.807, 2.05) is 6.07 Å². The lowest BCUT2D eigenvalue weighted by molar-refractivity contribution is 0.998. The molecule has 0 unspecified atom stereocenters. The minimum Gasteiger partial charge on any atom is -0.277 e. The van der Waals surface area contributed by atoms with Crippen LogP contribution >= 0.6 is 0 Å². The number of hydrogen-bond acceptors (Lipinski definition) is 3. The lowest BCUT2D eigenvalue weighted by Crippen LogP contribution is -2.04. The van der Waals surface area contributed by atoms with E-state index >= 15 is 0 Å². The standard InChI is InChI=1S/C61H38N4/c1-3-17-39(18-4-1)40-31-33-43(34-32-40)55-38-54(42-20-5-2-6-21-42)63-61(64-55)65-56-30-16-14-28-51(56)58-59(62-53-29-15-13-27-50(53)60(58)65)57-46-24-10-7-19-41(46)35-36-49(57)52-37-44-22-8-9-23-45(44)47-25-11-12-26-48(47)52/h1-38H. The van der Waals surface area contributed by atoms with E-state index < -0.39 is 0 Å². The second kappa shape index (κ2) is 15.0. The maximum Gasteiger partial charge on any atom is 0.235 e. The summed E-state index contributed by atoms with van der Waals surface area (Å²) in [7, 11) is 0. The first kappa shape index (κ1) is 36.9. The van der Waals surface area contributed by atoms with E-state index in [2.05, 4.69) is 229 Å². The number of rotatable bonds is 6. The molecule has 0 N–H and O–H groups in total. The van der Waals surface area contributed by atoms with Crippen LogP contribution in [0.25, 0.3) is 127 Å². The van der Waals surface area contributed by atoms with Crippen molar-refractivity contribution in [1.82, 2.24) is 19.5 Å². The molecule has 10 aromatic carbocycles. The monoisotopic (exact) mass is 826 g/mol. The highest BCUT2D eigenvalue weighted by atomic mass is 15.2. The van der Waals surface area contributed by atoms with E-state index in [0.29, 0.717) is 5.95 Å². The summed E-state index contributed by atoms with van der Waals surface area (Å²) in [5.41, 5.74) is 13.3. The quantitative estimate of drug-likeness (QED) is 0.157. The van der Waals surface area contributed by atoms with Gasteiger partial charge in [-0.25, -0.2) is 15.0 Å². The van der Waals surface area contributed by atoms with Gasteiger partial charge in [0.25, 0.3) is 0 Å². The van der Waals surface area contributed by atoms with Crippen molar-refractivity contribution in [1.29, 1.82) is 0 Å². The fourth-order valence-electron chi connectivity index (χ4n) is 10.0. The third-order valence-electron chi connectivity index (χ3n) is 13.0. The third kappa shape index (κ3) is 6.03. The van der Waals surface area contributed by atoms with Crippen LogP contribution in [0.3, 0.4) is 0 Å². The predicted octanol–water partition coefficient (Wildman–Crippen LogP) is 15.9. The van der Waals surface area contributed by atoms with Gasteiger partial charge in [0.1, 0.15) is 0 Å². The van der Waals surface area contributed by atoms with Crippen molar-refractivity contribution in [2.24, 2.45) is 0 Å². The summed E-state index contributed by atoms with van der Waals surface area (Å²) in [5.74, 6) is 0.598.